The lowest BCUT2D eigenvalue weighted by Crippen LogP contribution is -2.47. The Morgan fingerprint density at radius 3 is 2.34 bits per heavy atom. The van der Waals surface area contributed by atoms with Crippen molar-refractivity contribution in [2.75, 3.05) is 47.4 Å². The summed E-state index contributed by atoms with van der Waals surface area (Å²) in [7, 11) is 0. The zero-order valence-electron chi connectivity index (χ0n) is 16.6. The van der Waals surface area contributed by atoms with Gasteiger partial charge in [-0.05, 0) is 49.2 Å². The first-order valence-electron chi connectivity index (χ1n) is 10.1. The summed E-state index contributed by atoms with van der Waals surface area (Å²) in [5.41, 5.74) is 4.62. The highest BCUT2D eigenvalue weighted by molar-refractivity contribution is 5.66. The molecule has 2 aromatic carbocycles. The molecule has 6 heteroatoms. The summed E-state index contributed by atoms with van der Waals surface area (Å²) >= 11 is 0. The van der Waals surface area contributed by atoms with Gasteiger partial charge in [-0.2, -0.15) is 4.98 Å². The first kappa shape index (κ1) is 17.9. The predicted molar refractivity (Wildman–Crippen MR) is 115 cm³/mol. The normalized spacial score (nSPS) is 16.3. The van der Waals surface area contributed by atoms with E-state index in [1.165, 1.54) is 23.4 Å². The van der Waals surface area contributed by atoms with Crippen LogP contribution in [0, 0.1) is 12.7 Å². The van der Waals surface area contributed by atoms with Crippen LogP contribution in [-0.2, 0) is 6.42 Å². The van der Waals surface area contributed by atoms with Crippen molar-refractivity contribution >= 4 is 23.1 Å². The van der Waals surface area contributed by atoms with E-state index in [1.54, 1.807) is 0 Å². The van der Waals surface area contributed by atoms with Gasteiger partial charge in [0.15, 0.2) is 0 Å². The van der Waals surface area contributed by atoms with Crippen molar-refractivity contribution in [3.05, 3.63) is 71.7 Å². The maximum atomic E-state index is 13.2. The van der Waals surface area contributed by atoms with Crippen LogP contribution in [0.3, 0.4) is 0 Å². The van der Waals surface area contributed by atoms with Crippen LogP contribution in [0.25, 0.3) is 0 Å². The largest absolute Gasteiger partial charge is 0.368 e. The first-order valence-corrected chi connectivity index (χ1v) is 10.1. The predicted octanol–water partition coefficient (Wildman–Crippen LogP) is 3.94. The third-order valence-corrected chi connectivity index (χ3v) is 5.75. The van der Waals surface area contributed by atoms with E-state index in [4.69, 9.17) is 9.97 Å². The van der Waals surface area contributed by atoms with Gasteiger partial charge in [0.05, 0.1) is 0 Å². The summed E-state index contributed by atoms with van der Waals surface area (Å²) in [5, 5.41) is 0. The number of hydrogen-bond donors (Lipinski definition) is 0. The van der Waals surface area contributed by atoms with Crippen molar-refractivity contribution in [1.82, 2.24) is 9.97 Å². The summed E-state index contributed by atoms with van der Waals surface area (Å²) in [4.78, 5) is 16.5. The summed E-state index contributed by atoms with van der Waals surface area (Å²) in [5.74, 6) is 1.57. The van der Waals surface area contributed by atoms with Crippen LogP contribution in [0.5, 0.6) is 0 Å². The molecule has 5 nitrogen and oxygen atoms in total. The summed E-state index contributed by atoms with van der Waals surface area (Å²) < 4.78 is 13.2. The van der Waals surface area contributed by atoms with Crippen molar-refractivity contribution in [3.63, 3.8) is 0 Å². The molecule has 2 aliphatic heterocycles. The molecule has 0 bridgehead atoms. The second kappa shape index (κ2) is 7.35. The smallest absolute Gasteiger partial charge is 0.232 e. The number of aromatic nitrogens is 2. The van der Waals surface area contributed by atoms with E-state index in [2.05, 4.69) is 45.0 Å². The highest BCUT2D eigenvalue weighted by Gasteiger charge is 2.24. The molecule has 0 N–H and O–H groups in total. The Kier molecular flexibility index (Phi) is 4.54. The fourth-order valence-corrected chi connectivity index (χ4v) is 4.21. The number of aryl methyl sites for hydroxylation is 1. The molecule has 29 heavy (non-hydrogen) atoms. The molecule has 1 saturated heterocycles. The summed E-state index contributed by atoms with van der Waals surface area (Å²) in [6.07, 6.45) is 1.03. The zero-order chi connectivity index (χ0) is 19.8. The number of piperazine rings is 1. The van der Waals surface area contributed by atoms with Gasteiger partial charge in [-0.25, -0.2) is 9.37 Å². The Bertz CT molecular complexity index is 1010. The summed E-state index contributed by atoms with van der Waals surface area (Å²) in [6.45, 7) is 6.48. The van der Waals surface area contributed by atoms with Crippen LogP contribution in [0.15, 0.2) is 54.6 Å². The van der Waals surface area contributed by atoms with Gasteiger partial charge in [-0.1, -0.05) is 18.2 Å². The van der Waals surface area contributed by atoms with E-state index < -0.39 is 0 Å². The molecular weight excluding hydrogens is 365 g/mol. The minimum atomic E-state index is -0.195. The molecule has 0 atom stereocenters. The van der Waals surface area contributed by atoms with Gasteiger partial charge in [0, 0.05) is 55.9 Å². The van der Waals surface area contributed by atoms with Crippen molar-refractivity contribution in [1.29, 1.82) is 0 Å². The topological polar surface area (TPSA) is 35.5 Å². The van der Waals surface area contributed by atoms with E-state index in [0.29, 0.717) is 0 Å². The number of benzene rings is 2. The molecule has 0 saturated carbocycles. The molecule has 0 radical (unpaired) electrons. The number of nitrogens with zero attached hydrogens (tertiary/aromatic N) is 5. The number of halogens is 1. The monoisotopic (exact) mass is 389 g/mol. The van der Waals surface area contributed by atoms with Crippen LogP contribution < -0.4 is 14.7 Å². The Hall–Kier alpha value is -3.15. The molecule has 148 valence electrons. The molecule has 3 aromatic rings. The third kappa shape index (κ3) is 3.50. The number of anilines is 4. The maximum absolute atomic E-state index is 13.2. The van der Waals surface area contributed by atoms with E-state index >= 15 is 0 Å². The lowest BCUT2D eigenvalue weighted by Gasteiger charge is -2.37. The van der Waals surface area contributed by atoms with Crippen LogP contribution >= 0.6 is 0 Å². The second-order valence-electron chi connectivity index (χ2n) is 7.65. The van der Waals surface area contributed by atoms with Gasteiger partial charge in [-0.3, -0.25) is 0 Å². The SMILES string of the molecule is Cc1cc(N2CCN(c3ccc(F)cc3)CC2)nc(N2CCc3ccccc32)n1. The van der Waals surface area contributed by atoms with Gasteiger partial charge in [-0.15, -0.1) is 0 Å². The standard InChI is InChI=1S/C23H24FN5/c1-17-16-22(26-23(25-17)29-11-10-18-4-2-3-5-21(18)29)28-14-12-27(13-15-28)20-8-6-19(24)7-9-20/h2-9,16H,10-15H2,1H3. The second-order valence-corrected chi connectivity index (χ2v) is 7.65. The first-order chi connectivity index (χ1) is 14.2. The van der Waals surface area contributed by atoms with E-state index in [0.717, 1.165) is 62.3 Å². The summed E-state index contributed by atoms with van der Waals surface area (Å²) in [6, 6.07) is 17.3. The van der Waals surface area contributed by atoms with Gasteiger partial charge < -0.3 is 14.7 Å². The molecule has 0 aliphatic carbocycles. The van der Waals surface area contributed by atoms with Crippen molar-refractivity contribution in [2.45, 2.75) is 13.3 Å². The Morgan fingerprint density at radius 1 is 0.828 bits per heavy atom. The minimum absolute atomic E-state index is 0.195. The molecule has 1 aromatic heterocycles. The molecule has 0 amide bonds. The van der Waals surface area contributed by atoms with Gasteiger partial charge >= 0.3 is 0 Å². The molecule has 1 fully saturated rings. The molecule has 0 spiro atoms. The average molecular weight is 389 g/mol. The average Bonchev–Trinajstić information content (AvgIpc) is 3.18. The number of para-hydroxylation sites is 1. The van der Waals surface area contributed by atoms with E-state index in [9.17, 15) is 4.39 Å². The number of rotatable bonds is 3. The van der Waals surface area contributed by atoms with Crippen LogP contribution in [0.1, 0.15) is 11.3 Å². The lowest BCUT2D eigenvalue weighted by molar-refractivity contribution is 0.624. The molecule has 2 aliphatic rings. The maximum Gasteiger partial charge on any atom is 0.232 e. The molecular formula is C23H24FN5. The van der Waals surface area contributed by atoms with Crippen LogP contribution in [-0.4, -0.2) is 42.7 Å². The van der Waals surface area contributed by atoms with Crippen molar-refractivity contribution in [2.24, 2.45) is 0 Å². The van der Waals surface area contributed by atoms with Crippen molar-refractivity contribution < 1.29 is 4.39 Å². The van der Waals surface area contributed by atoms with Crippen LogP contribution in [0.4, 0.5) is 27.5 Å². The van der Waals surface area contributed by atoms with Crippen molar-refractivity contribution in [3.8, 4) is 0 Å². The highest BCUT2D eigenvalue weighted by atomic mass is 19.1. The van der Waals surface area contributed by atoms with Gasteiger partial charge in [0.25, 0.3) is 0 Å². The lowest BCUT2D eigenvalue weighted by atomic mass is 10.2. The van der Waals surface area contributed by atoms with E-state index in [1.807, 2.05) is 19.1 Å². The minimum Gasteiger partial charge on any atom is -0.368 e. The Balaban J connectivity index is 1.34. The Morgan fingerprint density at radius 2 is 1.55 bits per heavy atom. The zero-order valence-corrected chi connectivity index (χ0v) is 16.6. The fourth-order valence-electron chi connectivity index (χ4n) is 4.21. The third-order valence-electron chi connectivity index (χ3n) is 5.75. The molecule has 3 heterocycles. The van der Waals surface area contributed by atoms with E-state index in [-0.39, 0.29) is 5.82 Å². The molecule has 5 rings (SSSR count). The highest BCUT2D eigenvalue weighted by Crippen LogP contribution is 2.33. The Labute approximate surface area is 170 Å². The quantitative estimate of drug-likeness (QED) is 0.678. The number of fused-ring (bicyclic) bond motifs is 1. The van der Waals surface area contributed by atoms with Crippen LogP contribution in [0.2, 0.25) is 0 Å². The van der Waals surface area contributed by atoms with Gasteiger partial charge in [0.1, 0.15) is 11.6 Å². The molecule has 0 unspecified atom stereocenters. The van der Waals surface area contributed by atoms with Gasteiger partial charge in [0.2, 0.25) is 5.95 Å². The number of hydrogen-bond acceptors (Lipinski definition) is 5. The fraction of sp³-hybridized carbons (Fsp3) is 0.304.